The van der Waals surface area contributed by atoms with Crippen LogP contribution in [0.1, 0.15) is 5.69 Å². The molecule has 2 aromatic carbocycles. The lowest BCUT2D eigenvalue weighted by Gasteiger charge is -2.12. The van der Waals surface area contributed by atoms with Gasteiger partial charge in [0.1, 0.15) is 4.88 Å². The van der Waals surface area contributed by atoms with Crippen molar-refractivity contribution >= 4 is 39.7 Å². The molecule has 1 N–H and O–H groups in total. The quantitative estimate of drug-likeness (QED) is 0.500. The first-order valence-corrected chi connectivity index (χ1v) is 10.1. The SMILES string of the molecule is CN1C(=Cc2cc3sc(-c4ccccc4)c(O)[n+]3cn2)Sc2ccccc21. The van der Waals surface area contributed by atoms with Gasteiger partial charge in [0, 0.05) is 24.1 Å². The zero-order valence-corrected chi connectivity index (χ0v) is 16.2. The number of fused-ring (bicyclic) bond motifs is 2. The monoisotopic (exact) mass is 390 g/mol. The van der Waals surface area contributed by atoms with Crippen LogP contribution >= 0.6 is 23.1 Å². The molecule has 0 unspecified atom stereocenters. The van der Waals surface area contributed by atoms with E-state index in [9.17, 15) is 5.11 Å². The molecule has 4 aromatic rings. The predicted molar refractivity (Wildman–Crippen MR) is 111 cm³/mol. The molecule has 0 amide bonds. The summed E-state index contributed by atoms with van der Waals surface area (Å²) < 4.78 is 1.73. The van der Waals surface area contributed by atoms with E-state index in [1.54, 1.807) is 33.8 Å². The predicted octanol–water partition coefficient (Wildman–Crippen LogP) is 4.79. The van der Waals surface area contributed by atoms with Crippen LogP contribution < -0.4 is 9.30 Å². The topological polar surface area (TPSA) is 40.5 Å². The van der Waals surface area contributed by atoms with E-state index in [2.05, 4.69) is 47.3 Å². The highest BCUT2D eigenvalue weighted by atomic mass is 32.2. The third-order valence-electron chi connectivity index (χ3n) is 4.55. The summed E-state index contributed by atoms with van der Waals surface area (Å²) in [6, 6.07) is 20.3. The van der Waals surface area contributed by atoms with E-state index in [0.717, 1.165) is 26.0 Å². The lowest BCUT2D eigenvalue weighted by atomic mass is 10.2. The van der Waals surface area contributed by atoms with Gasteiger partial charge in [-0.1, -0.05) is 65.6 Å². The van der Waals surface area contributed by atoms with Crippen LogP contribution in [0.4, 0.5) is 5.69 Å². The molecule has 4 nitrogen and oxygen atoms in total. The van der Waals surface area contributed by atoms with Gasteiger partial charge in [-0.25, -0.2) is 0 Å². The van der Waals surface area contributed by atoms with E-state index in [-0.39, 0.29) is 5.88 Å². The fraction of sp³-hybridized carbons (Fsp3) is 0.0476. The first-order valence-electron chi connectivity index (χ1n) is 8.51. The Morgan fingerprint density at radius 1 is 1.07 bits per heavy atom. The Kier molecular flexibility index (Phi) is 3.88. The van der Waals surface area contributed by atoms with Gasteiger partial charge >= 0.3 is 5.88 Å². The highest BCUT2D eigenvalue weighted by molar-refractivity contribution is 8.03. The molecule has 6 heteroatoms. The number of para-hydroxylation sites is 1. The van der Waals surface area contributed by atoms with Crippen LogP contribution in [0.2, 0.25) is 0 Å². The van der Waals surface area contributed by atoms with Crippen molar-refractivity contribution in [2.45, 2.75) is 4.90 Å². The number of thiazole rings is 1. The van der Waals surface area contributed by atoms with Crippen molar-refractivity contribution in [1.82, 2.24) is 4.98 Å². The fourth-order valence-electron chi connectivity index (χ4n) is 3.14. The van der Waals surface area contributed by atoms with Gasteiger partial charge in [-0.2, -0.15) is 4.40 Å². The van der Waals surface area contributed by atoms with Crippen molar-refractivity contribution in [3.05, 3.63) is 77.7 Å². The number of aromatic nitrogens is 2. The molecule has 27 heavy (non-hydrogen) atoms. The van der Waals surface area contributed by atoms with E-state index < -0.39 is 0 Å². The van der Waals surface area contributed by atoms with Crippen molar-refractivity contribution in [3.8, 4) is 16.3 Å². The van der Waals surface area contributed by atoms with Crippen LogP contribution in [0.5, 0.6) is 5.88 Å². The molecule has 0 saturated heterocycles. The molecule has 0 fully saturated rings. The van der Waals surface area contributed by atoms with Crippen LogP contribution in [0.3, 0.4) is 0 Å². The zero-order valence-electron chi connectivity index (χ0n) is 14.5. The van der Waals surface area contributed by atoms with Crippen LogP contribution in [0.25, 0.3) is 21.3 Å². The van der Waals surface area contributed by atoms with Gasteiger partial charge < -0.3 is 10.0 Å². The largest absolute Gasteiger partial charge is 0.476 e. The first-order chi connectivity index (χ1) is 13.2. The Morgan fingerprint density at radius 2 is 1.85 bits per heavy atom. The number of anilines is 1. The van der Waals surface area contributed by atoms with Gasteiger partial charge in [-0.3, -0.25) is 0 Å². The van der Waals surface area contributed by atoms with Gasteiger partial charge in [-0.05, 0) is 22.7 Å². The molecule has 3 heterocycles. The molecule has 0 atom stereocenters. The van der Waals surface area contributed by atoms with Crippen LogP contribution in [-0.2, 0) is 0 Å². The molecule has 5 rings (SSSR count). The summed E-state index contributed by atoms with van der Waals surface area (Å²) in [4.78, 5) is 9.77. The first kappa shape index (κ1) is 16.4. The second-order valence-corrected chi connectivity index (χ2v) is 8.35. The summed E-state index contributed by atoms with van der Waals surface area (Å²) >= 11 is 3.30. The summed E-state index contributed by atoms with van der Waals surface area (Å²) in [7, 11) is 2.07. The smallest absolute Gasteiger partial charge is 0.306 e. The third kappa shape index (κ3) is 2.78. The second-order valence-electron chi connectivity index (χ2n) is 6.25. The van der Waals surface area contributed by atoms with Crippen molar-refractivity contribution in [2.24, 2.45) is 0 Å². The molecular formula is C21H16N3OS2+. The minimum atomic E-state index is 0.229. The number of benzene rings is 2. The van der Waals surface area contributed by atoms with E-state index in [4.69, 9.17) is 0 Å². The summed E-state index contributed by atoms with van der Waals surface area (Å²) in [5, 5.41) is 11.7. The molecule has 0 spiro atoms. The summed E-state index contributed by atoms with van der Waals surface area (Å²) in [6.07, 6.45) is 3.77. The summed E-state index contributed by atoms with van der Waals surface area (Å²) in [5.41, 5.74) is 3.09. The van der Waals surface area contributed by atoms with E-state index >= 15 is 0 Å². The van der Waals surface area contributed by atoms with E-state index in [1.165, 1.54) is 10.6 Å². The van der Waals surface area contributed by atoms with Crippen molar-refractivity contribution in [2.75, 3.05) is 11.9 Å². The number of rotatable bonds is 2. The van der Waals surface area contributed by atoms with E-state index in [0.29, 0.717) is 0 Å². The minimum Gasteiger partial charge on any atom is -0.476 e. The maximum absolute atomic E-state index is 10.6. The van der Waals surface area contributed by atoms with Gasteiger partial charge in [0.2, 0.25) is 0 Å². The molecule has 0 saturated carbocycles. The Labute approximate surface area is 165 Å². The maximum Gasteiger partial charge on any atom is 0.306 e. The van der Waals surface area contributed by atoms with Crippen molar-refractivity contribution in [3.63, 3.8) is 0 Å². The summed E-state index contributed by atoms with van der Waals surface area (Å²) in [6.45, 7) is 0. The van der Waals surface area contributed by atoms with Gasteiger partial charge in [-0.15, -0.1) is 0 Å². The highest BCUT2D eigenvalue weighted by Gasteiger charge is 2.23. The Balaban J connectivity index is 1.55. The number of aromatic hydroxyl groups is 1. The molecule has 2 aromatic heterocycles. The van der Waals surface area contributed by atoms with Crippen molar-refractivity contribution < 1.29 is 9.51 Å². The van der Waals surface area contributed by atoms with Crippen LogP contribution in [0, 0.1) is 0 Å². The molecule has 0 bridgehead atoms. The van der Waals surface area contributed by atoms with Crippen LogP contribution in [0.15, 0.2) is 76.9 Å². The molecule has 0 radical (unpaired) electrons. The molecular weight excluding hydrogens is 374 g/mol. The van der Waals surface area contributed by atoms with Gasteiger partial charge in [0.15, 0.2) is 10.5 Å². The molecule has 1 aliphatic rings. The lowest BCUT2D eigenvalue weighted by Crippen LogP contribution is -2.19. The molecule has 1 aliphatic heterocycles. The number of hydrogen-bond donors (Lipinski definition) is 1. The Hall–Kier alpha value is -2.83. The fourth-order valence-corrected chi connectivity index (χ4v) is 5.30. The minimum absolute atomic E-state index is 0.229. The zero-order chi connectivity index (χ0) is 18.4. The number of hydrogen-bond acceptors (Lipinski definition) is 5. The van der Waals surface area contributed by atoms with E-state index in [1.807, 2.05) is 36.4 Å². The highest BCUT2D eigenvalue weighted by Crippen LogP contribution is 2.45. The van der Waals surface area contributed by atoms with Crippen LogP contribution in [-0.4, -0.2) is 17.1 Å². The maximum atomic E-state index is 10.6. The Bertz CT molecular complexity index is 1180. The molecule has 0 aliphatic carbocycles. The third-order valence-corrected chi connectivity index (χ3v) is 6.86. The average molecular weight is 391 g/mol. The Morgan fingerprint density at radius 3 is 2.67 bits per heavy atom. The second kappa shape index (κ2) is 6.40. The summed E-state index contributed by atoms with van der Waals surface area (Å²) in [5.74, 6) is 0.229. The van der Waals surface area contributed by atoms with Gasteiger partial charge in [0.25, 0.3) is 6.33 Å². The average Bonchev–Trinajstić information content (AvgIpc) is 3.20. The normalized spacial score (nSPS) is 14.9. The van der Waals surface area contributed by atoms with Crippen molar-refractivity contribution in [1.29, 1.82) is 0 Å². The molecule has 132 valence electrons. The standard InChI is InChI=1S/C21H15N3OS2/c1-23-16-9-5-6-10-17(16)26-18(23)11-15-12-19-24(13-22-15)21(25)20(27-19)14-7-3-2-4-8-14/h2-13H,1H3/p+1. The number of thioether (sulfide) groups is 1. The number of nitrogens with zero attached hydrogens (tertiary/aromatic N) is 3. The van der Waals surface area contributed by atoms with Gasteiger partial charge in [0.05, 0.1) is 10.7 Å². The lowest BCUT2D eigenvalue weighted by molar-refractivity contribution is -0.521.